The molecule has 1 aromatic heterocycles. The number of sulfonamides is 1. The normalized spacial score (nSPS) is 11.3. The van der Waals surface area contributed by atoms with Gasteiger partial charge in [-0.3, -0.25) is 4.72 Å². The lowest BCUT2D eigenvalue weighted by molar-refractivity contribution is 0.601. The minimum absolute atomic E-state index is 0.194. The number of rotatable bonds is 3. The number of pyridine rings is 1. The van der Waals surface area contributed by atoms with E-state index in [1.165, 1.54) is 12.1 Å². The van der Waals surface area contributed by atoms with Crippen molar-refractivity contribution in [3.63, 3.8) is 0 Å². The van der Waals surface area contributed by atoms with Gasteiger partial charge in [0.05, 0.1) is 4.90 Å². The molecule has 1 aromatic carbocycles. The van der Waals surface area contributed by atoms with Gasteiger partial charge in [0, 0.05) is 15.1 Å². The van der Waals surface area contributed by atoms with E-state index in [0.29, 0.717) is 5.82 Å². The van der Waals surface area contributed by atoms with Crippen LogP contribution in [0, 0.1) is 6.92 Å². The molecule has 2 aromatic rings. The summed E-state index contributed by atoms with van der Waals surface area (Å²) >= 11 is 6.55. The van der Waals surface area contributed by atoms with E-state index in [1.54, 1.807) is 31.3 Å². The minimum atomic E-state index is -3.61. The number of nitrogens with zero attached hydrogens (tertiary/aromatic N) is 1. The number of anilines is 1. The molecule has 0 aliphatic rings. The van der Waals surface area contributed by atoms with Crippen molar-refractivity contribution in [2.75, 3.05) is 4.72 Å². The number of nitrogens with one attached hydrogen (secondary N) is 1. The molecule has 19 heavy (non-hydrogen) atoms. The number of hydrogen-bond donors (Lipinski definition) is 1. The molecule has 0 amide bonds. The molecule has 7 heteroatoms. The predicted octanol–water partition coefficient (Wildman–Crippen LogP) is 3.72. The lowest BCUT2D eigenvalue weighted by atomic mass is 10.3. The summed E-state index contributed by atoms with van der Waals surface area (Å²) in [5, 5.41) is 0. The van der Waals surface area contributed by atoms with Crippen LogP contribution >= 0.6 is 31.9 Å². The molecule has 2 rings (SSSR count). The first kappa shape index (κ1) is 14.5. The first-order chi connectivity index (χ1) is 8.88. The Morgan fingerprint density at radius 2 is 1.74 bits per heavy atom. The molecule has 0 radical (unpaired) electrons. The highest BCUT2D eigenvalue weighted by Crippen LogP contribution is 2.21. The van der Waals surface area contributed by atoms with Crippen LogP contribution in [0.25, 0.3) is 0 Å². The van der Waals surface area contributed by atoms with Crippen LogP contribution in [0.5, 0.6) is 0 Å². The average Bonchev–Trinajstić information content (AvgIpc) is 2.33. The number of aryl methyl sites for hydroxylation is 1. The average molecular weight is 406 g/mol. The third-order valence-electron chi connectivity index (χ3n) is 2.40. The monoisotopic (exact) mass is 404 g/mol. The SMILES string of the molecule is Cc1cc(Br)cnc1NS(=O)(=O)c1ccc(Br)cc1. The first-order valence-electron chi connectivity index (χ1n) is 5.29. The van der Waals surface area contributed by atoms with Gasteiger partial charge in [-0.25, -0.2) is 13.4 Å². The van der Waals surface area contributed by atoms with Crippen molar-refractivity contribution in [2.24, 2.45) is 0 Å². The molecule has 0 saturated heterocycles. The molecule has 4 nitrogen and oxygen atoms in total. The van der Waals surface area contributed by atoms with E-state index in [1.807, 2.05) is 0 Å². The molecular formula is C12H10Br2N2O2S. The van der Waals surface area contributed by atoms with Crippen LogP contribution in [0.4, 0.5) is 5.82 Å². The number of benzene rings is 1. The Kier molecular flexibility index (Phi) is 4.27. The van der Waals surface area contributed by atoms with Crippen molar-refractivity contribution in [1.29, 1.82) is 0 Å². The van der Waals surface area contributed by atoms with Gasteiger partial charge in [0.2, 0.25) is 0 Å². The van der Waals surface area contributed by atoms with Gasteiger partial charge in [0.25, 0.3) is 10.0 Å². The second kappa shape index (κ2) is 5.60. The molecular weight excluding hydrogens is 396 g/mol. The second-order valence-electron chi connectivity index (χ2n) is 3.88. The van der Waals surface area contributed by atoms with Gasteiger partial charge in [-0.2, -0.15) is 0 Å². The van der Waals surface area contributed by atoms with Gasteiger partial charge in [-0.05, 0) is 58.7 Å². The minimum Gasteiger partial charge on any atom is -0.263 e. The molecule has 0 unspecified atom stereocenters. The highest BCUT2D eigenvalue weighted by Gasteiger charge is 2.15. The van der Waals surface area contributed by atoms with Gasteiger partial charge >= 0.3 is 0 Å². The van der Waals surface area contributed by atoms with Crippen molar-refractivity contribution in [1.82, 2.24) is 4.98 Å². The summed E-state index contributed by atoms with van der Waals surface area (Å²) in [7, 11) is -3.61. The van der Waals surface area contributed by atoms with E-state index in [9.17, 15) is 8.42 Å². The van der Waals surface area contributed by atoms with Crippen LogP contribution < -0.4 is 4.72 Å². The van der Waals surface area contributed by atoms with Crippen LogP contribution in [0.1, 0.15) is 5.56 Å². The van der Waals surface area contributed by atoms with Gasteiger partial charge in [-0.15, -0.1) is 0 Å². The molecule has 0 aliphatic heterocycles. The molecule has 100 valence electrons. The van der Waals surface area contributed by atoms with Crippen LogP contribution in [0.2, 0.25) is 0 Å². The Morgan fingerprint density at radius 3 is 2.32 bits per heavy atom. The van der Waals surface area contributed by atoms with Crippen molar-refractivity contribution in [3.05, 3.63) is 51.0 Å². The van der Waals surface area contributed by atoms with Crippen molar-refractivity contribution in [2.45, 2.75) is 11.8 Å². The lowest BCUT2D eigenvalue weighted by Gasteiger charge is -2.09. The fourth-order valence-electron chi connectivity index (χ4n) is 1.45. The van der Waals surface area contributed by atoms with Gasteiger partial charge in [0.15, 0.2) is 0 Å². The number of hydrogen-bond acceptors (Lipinski definition) is 3. The number of aromatic nitrogens is 1. The zero-order valence-electron chi connectivity index (χ0n) is 9.89. The van der Waals surface area contributed by atoms with E-state index in [-0.39, 0.29) is 4.90 Å². The maximum absolute atomic E-state index is 12.2. The summed E-state index contributed by atoms with van der Waals surface area (Å²) in [6.07, 6.45) is 1.55. The van der Waals surface area contributed by atoms with Gasteiger partial charge in [-0.1, -0.05) is 15.9 Å². The van der Waals surface area contributed by atoms with Gasteiger partial charge < -0.3 is 0 Å². The van der Waals surface area contributed by atoms with E-state index in [4.69, 9.17) is 0 Å². The predicted molar refractivity (Wildman–Crippen MR) is 81.6 cm³/mol. The first-order valence-corrected chi connectivity index (χ1v) is 8.36. The van der Waals surface area contributed by atoms with Crippen LogP contribution in [0.3, 0.4) is 0 Å². The Labute approximate surface area is 128 Å². The third-order valence-corrected chi connectivity index (χ3v) is 4.72. The van der Waals surface area contributed by atoms with E-state index < -0.39 is 10.0 Å². The van der Waals surface area contributed by atoms with Crippen LogP contribution in [-0.4, -0.2) is 13.4 Å². The van der Waals surface area contributed by atoms with Crippen molar-refractivity contribution in [3.8, 4) is 0 Å². The lowest BCUT2D eigenvalue weighted by Crippen LogP contribution is -2.14. The Balaban J connectivity index is 2.33. The Hall–Kier alpha value is -0.920. The molecule has 0 bridgehead atoms. The summed E-state index contributed by atoms with van der Waals surface area (Å²) in [5.74, 6) is 0.325. The number of halogens is 2. The largest absolute Gasteiger partial charge is 0.263 e. The molecule has 0 aliphatic carbocycles. The topological polar surface area (TPSA) is 59.1 Å². The highest BCUT2D eigenvalue weighted by atomic mass is 79.9. The molecule has 0 atom stereocenters. The molecule has 0 saturated carbocycles. The second-order valence-corrected chi connectivity index (χ2v) is 7.39. The van der Waals surface area contributed by atoms with E-state index in [0.717, 1.165) is 14.5 Å². The highest BCUT2D eigenvalue weighted by molar-refractivity contribution is 9.10. The Bertz CT molecular complexity index is 700. The van der Waals surface area contributed by atoms with Crippen LogP contribution in [0.15, 0.2) is 50.4 Å². The van der Waals surface area contributed by atoms with Crippen molar-refractivity contribution < 1.29 is 8.42 Å². The summed E-state index contributed by atoms with van der Waals surface area (Å²) in [6, 6.07) is 8.21. The molecule has 0 fully saturated rings. The fourth-order valence-corrected chi connectivity index (χ4v) is 3.24. The summed E-state index contributed by atoms with van der Waals surface area (Å²) in [4.78, 5) is 4.25. The summed E-state index contributed by atoms with van der Waals surface area (Å²) in [5.41, 5.74) is 0.745. The molecule has 1 heterocycles. The van der Waals surface area contributed by atoms with Crippen LogP contribution in [-0.2, 0) is 10.0 Å². The van der Waals surface area contributed by atoms with E-state index >= 15 is 0 Å². The maximum atomic E-state index is 12.2. The van der Waals surface area contributed by atoms with Crippen molar-refractivity contribution >= 4 is 47.7 Å². The smallest absolute Gasteiger partial charge is 0.263 e. The summed E-state index contributed by atoms with van der Waals surface area (Å²) in [6.45, 7) is 1.79. The third kappa shape index (κ3) is 3.55. The zero-order chi connectivity index (χ0) is 14.0. The van der Waals surface area contributed by atoms with E-state index in [2.05, 4.69) is 41.6 Å². The quantitative estimate of drug-likeness (QED) is 0.846. The van der Waals surface area contributed by atoms with Gasteiger partial charge in [0.1, 0.15) is 5.82 Å². The summed E-state index contributed by atoms with van der Waals surface area (Å²) < 4.78 is 28.4. The zero-order valence-corrected chi connectivity index (χ0v) is 13.9. The fraction of sp³-hybridized carbons (Fsp3) is 0.0833. The standard InChI is InChI=1S/C12H10Br2N2O2S/c1-8-6-10(14)7-15-12(8)16-19(17,18)11-4-2-9(13)3-5-11/h2-7H,1H3,(H,15,16). The molecule has 0 spiro atoms. The molecule has 1 N–H and O–H groups in total. The maximum Gasteiger partial charge on any atom is 0.263 e. The Morgan fingerprint density at radius 1 is 1.11 bits per heavy atom.